The zero-order valence-electron chi connectivity index (χ0n) is 17.9. The first-order valence-electron chi connectivity index (χ1n) is 10.9. The van der Waals surface area contributed by atoms with Gasteiger partial charge in [-0.3, -0.25) is 5.32 Å². The van der Waals surface area contributed by atoms with Crippen molar-refractivity contribution in [1.82, 2.24) is 9.55 Å². The molecule has 162 valence electrons. The van der Waals surface area contributed by atoms with E-state index in [1.165, 1.54) is 46.6 Å². The molecule has 2 heterocycles. The Morgan fingerprint density at radius 3 is 2.69 bits per heavy atom. The van der Waals surface area contributed by atoms with Gasteiger partial charge in [0.2, 0.25) is 5.84 Å². The summed E-state index contributed by atoms with van der Waals surface area (Å²) < 4.78 is 15.2. The van der Waals surface area contributed by atoms with Crippen molar-refractivity contribution in [3.05, 3.63) is 82.7 Å². The first-order valence-corrected chi connectivity index (χ1v) is 10.9. The Bertz CT molecular complexity index is 1240. The first kappa shape index (κ1) is 20.3. The third kappa shape index (κ3) is 4.11. The molecule has 3 aromatic rings. The van der Waals surface area contributed by atoms with Crippen LogP contribution in [0.2, 0.25) is 0 Å². The number of piperidine rings is 1. The van der Waals surface area contributed by atoms with Gasteiger partial charge in [-0.2, -0.15) is 0 Å². The summed E-state index contributed by atoms with van der Waals surface area (Å²) in [4.78, 5) is 21.1. The first-order chi connectivity index (χ1) is 15.6. The number of rotatable bonds is 3. The largest absolute Gasteiger partial charge is 0.350 e. The van der Waals surface area contributed by atoms with Crippen LogP contribution in [0.1, 0.15) is 35.2 Å². The lowest BCUT2D eigenvalue weighted by Gasteiger charge is -2.26. The molecule has 0 bridgehead atoms. The highest BCUT2D eigenvalue weighted by Crippen LogP contribution is 2.34. The van der Waals surface area contributed by atoms with E-state index in [-0.39, 0.29) is 5.82 Å². The molecule has 0 radical (unpaired) electrons. The van der Waals surface area contributed by atoms with Crippen molar-refractivity contribution in [2.75, 3.05) is 11.9 Å². The van der Waals surface area contributed by atoms with E-state index in [0.717, 1.165) is 49.3 Å². The van der Waals surface area contributed by atoms with Gasteiger partial charge in [0.15, 0.2) is 0 Å². The molecular formula is C25H25FN5O+. The Morgan fingerprint density at radius 1 is 1.16 bits per heavy atom. The van der Waals surface area contributed by atoms with Crippen LogP contribution in [-0.2, 0) is 12.8 Å². The highest BCUT2D eigenvalue weighted by Gasteiger charge is 2.24. The van der Waals surface area contributed by atoms with Crippen molar-refractivity contribution in [1.29, 1.82) is 0 Å². The normalized spacial score (nSPS) is 17.8. The highest BCUT2D eigenvalue weighted by atomic mass is 19.1. The van der Waals surface area contributed by atoms with Gasteiger partial charge in [0, 0.05) is 29.6 Å². The summed E-state index contributed by atoms with van der Waals surface area (Å²) in [6.07, 6.45) is 10.1. The number of fused-ring (bicyclic) bond motifs is 1. The van der Waals surface area contributed by atoms with Gasteiger partial charge in [-0.25, -0.2) is 14.2 Å². The number of hydrogen-bond acceptors (Lipinski definition) is 2. The average molecular weight is 431 g/mol. The second kappa shape index (κ2) is 8.51. The molecule has 0 unspecified atom stereocenters. The number of amidine groups is 1. The number of aliphatic imine (C=N–C) groups is 1. The van der Waals surface area contributed by atoms with E-state index in [4.69, 9.17) is 0 Å². The standard InChI is InChI=1S/C25H24FN5O/c1-16-14-31(15-28-16)23-11-4-17(21-9-10-22(21)23)13-18-3-2-12-27-24(18)30-25(32)29-20-7-5-19(26)6-8-20/h4-8,11,13-15H,2-3,9-10,12H2,1H3,(H2,27,29,30,32)/p+1/b18-13+. The molecule has 0 atom stereocenters. The molecular weight excluding hydrogens is 405 g/mol. The molecule has 1 aromatic heterocycles. The lowest BCUT2D eigenvalue weighted by Crippen LogP contribution is -2.90. The number of anilines is 1. The lowest BCUT2D eigenvalue weighted by molar-refractivity contribution is -0.543. The van der Waals surface area contributed by atoms with Crippen LogP contribution in [0.5, 0.6) is 0 Å². The van der Waals surface area contributed by atoms with Gasteiger partial charge in [0.1, 0.15) is 5.82 Å². The van der Waals surface area contributed by atoms with Crippen LogP contribution in [0.25, 0.3) is 11.8 Å². The van der Waals surface area contributed by atoms with E-state index in [1.807, 2.05) is 24.8 Å². The van der Waals surface area contributed by atoms with E-state index >= 15 is 0 Å². The van der Waals surface area contributed by atoms with E-state index in [9.17, 15) is 9.18 Å². The van der Waals surface area contributed by atoms with Crippen LogP contribution in [-0.4, -0.2) is 28.0 Å². The Balaban J connectivity index is 1.41. The smallest absolute Gasteiger partial charge is 0.306 e. The monoisotopic (exact) mass is 430 g/mol. The third-order valence-corrected chi connectivity index (χ3v) is 6.02. The molecule has 2 amide bonds. The predicted octanol–water partition coefficient (Wildman–Crippen LogP) is 3.79. The fraction of sp³-hybridized carbons (Fsp3) is 0.240. The molecule has 1 aliphatic carbocycles. The van der Waals surface area contributed by atoms with Gasteiger partial charge < -0.3 is 9.88 Å². The number of nitrogens with zero attached hydrogens (tertiary/aromatic N) is 3. The number of urea groups is 1. The summed E-state index contributed by atoms with van der Waals surface area (Å²) in [7, 11) is 0. The van der Waals surface area contributed by atoms with E-state index in [2.05, 4.69) is 38.1 Å². The van der Waals surface area contributed by atoms with Crippen LogP contribution in [0.4, 0.5) is 14.9 Å². The number of benzene rings is 2. The van der Waals surface area contributed by atoms with Gasteiger partial charge in [0.25, 0.3) is 0 Å². The Labute approximate surface area is 185 Å². The fourth-order valence-electron chi connectivity index (χ4n) is 4.31. The van der Waals surface area contributed by atoms with Crippen LogP contribution < -0.4 is 10.6 Å². The van der Waals surface area contributed by atoms with Crippen LogP contribution >= 0.6 is 0 Å². The number of carbonyl (C=O) groups excluding carboxylic acids is 1. The second-order valence-corrected chi connectivity index (χ2v) is 8.25. The Hall–Kier alpha value is -3.58. The van der Waals surface area contributed by atoms with E-state index < -0.39 is 6.03 Å². The van der Waals surface area contributed by atoms with Crippen molar-refractivity contribution in [3.8, 4) is 5.69 Å². The van der Waals surface area contributed by atoms with Crippen LogP contribution in [0.3, 0.4) is 0 Å². The molecule has 6 nitrogen and oxygen atoms in total. The van der Waals surface area contributed by atoms with Crippen LogP contribution in [0, 0.1) is 12.7 Å². The number of amides is 2. The van der Waals surface area contributed by atoms with Crippen molar-refractivity contribution in [2.24, 2.45) is 4.99 Å². The molecule has 1 fully saturated rings. The highest BCUT2D eigenvalue weighted by molar-refractivity contribution is 6.05. The minimum atomic E-state index is -0.450. The number of hydrogen-bond donors (Lipinski definition) is 2. The molecule has 1 aliphatic heterocycles. The average Bonchev–Trinajstić information content (AvgIpc) is 3.18. The predicted molar refractivity (Wildman–Crippen MR) is 123 cm³/mol. The summed E-state index contributed by atoms with van der Waals surface area (Å²) in [5.74, 6) is 0.379. The summed E-state index contributed by atoms with van der Waals surface area (Å²) in [5, 5.41) is 4.73. The number of aryl methyl sites for hydroxylation is 1. The zero-order chi connectivity index (χ0) is 22.1. The topological polar surface area (TPSA) is 75.9 Å². The zero-order valence-corrected chi connectivity index (χ0v) is 17.9. The maximum atomic E-state index is 13.1. The van der Waals surface area contributed by atoms with Gasteiger partial charge in [0.05, 0.1) is 18.6 Å². The van der Waals surface area contributed by atoms with Crippen molar-refractivity contribution in [3.63, 3.8) is 0 Å². The number of carbonyl (C=O) groups is 1. The molecule has 1 saturated heterocycles. The number of aromatic nitrogens is 2. The second-order valence-electron chi connectivity index (χ2n) is 8.25. The SMILES string of the molecule is Cc1cn(-c2ccc(/C=C3\CCC[NH2+]\C3=N/C(=O)Nc3ccc(F)cc3)c3c2CC3)cn1. The summed E-state index contributed by atoms with van der Waals surface area (Å²) in [6, 6.07) is 9.53. The maximum absolute atomic E-state index is 13.1. The Kier molecular flexibility index (Phi) is 5.41. The third-order valence-electron chi connectivity index (χ3n) is 6.02. The van der Waals surface area contributed by atoms with Gasteiger partial charge >= 0.3 is 6.03 Å². The maximum Gasteiger partial charge on any atom is 0.350 e. The van der Waals surface area contributed by atoms with Gasteiger partial charge in [-0.15, -0.1) is 4.99 Å². The van der Waals surface area contributed by atoms with Gasteiger partial charge in [-0.1, -0.05) is 6.07 Å². The van der Waals surface area contributed by atoms with Crippen molar-refractivity contribution in [2.45, 2.75) is 32.6 Å². The molecule has 3 N–H and O–H groups in total. The molecule has 2 aliphatic rings. The minimum Gasteiger partial charge on any atom is -0.306 e. The number of quaternary nitrogens is 1. The summed E-state index contributed by atoms with van der Waals surface area (Å²) in [5.41, 5.74) is 7.72. The van der Waals surface area contributed by atoms with Crippen LogP contribution in [0.15, 0.2) is 59.5 Å². The number of halogens is 1. The quantitative estimate of drug-likeness (QED) is 0.663. The number of nitrogens with two attached hydrogens (primary N) is 1. The molecule has 5 rings (SSSR count). The van der Waals surface area contributed by atoms with Crippen molar-refractivity contribution >= 4 is 23.6 Å². The molecule has 0 spiro atoms. The Morgan fingerprint density at radius 2 is 1.97 bits per heavy atom. The summed E-state index contributed by atoms with van der Waals surface area (Å²) in [6.45, 7) is 2.89. The molecule has 0 saturated carbocycles. The molecule has 32 heavy (non-hydrogen) atoms. The minimum absolute atomic E-state index is 0.342. The molecule has 7 heteroatoms. The number of imidazole rings is 1. The lowest BCUT2D eigenvalue weighted by atomic mass is 9.82. The number of nitrogens with one attached hydrogen (secondary N) is 1. The van der Waals surface area contributed by atoms with Gasteiger partial charge in [-0.05, 0) is 79.3 Å². The van der Waals surface area contributed by atoms with E-state index in [0.29, 0.717) is 5.69 Å². The fourth-order valence-corrected chi connectivity index (χ4v) is 4.31. The van der Waals surface area contributed by atoms with Crippen molar-refractivity contribution < 1.29 is 14.5 Å². The van der Waals surface area contributed by atoms with E-state index in [1.54, 1.807) is 0 Å². The molecule has 2 aromatic carbocycles. The summed E-state index contributed by atoms with van der Waals surface area (Å²) >= 11 is 0.